The molecule has 0 spiro atoms. The van der Waals surface area contributed by atoms with Crippen LogP contribution in [-0.2, 0) is 16.0 Å². The average Bonchev–Trinajstić information content (AvgIpc) is 2.92. The molecule has 194 valence electrons. The van der Waals surface area contributed by atoms with Gasteiger partial charge in [0.25, 0.3) is 5.91 Å². The largest absolute Gasteiger partial charge is 0.494 e. The van der Waals surface area contributed by atoms with E-state index in [1.165, 1.54) is 0 Å². The molecule has 4 rings (SSSR count). The number of methoxy groups -OCH3 is 2. The zero-order chi connectivity index (χ0) is 26.2. The number of aryl methyl sites for hydroxylation is 1. The second kappa shape index (κ2) is 12.2. The number of hydrogen-bond donors (Lipinski definition) is 1. The minimum Gasteiger partial charge on any atom is -0.494 e. The van der Waals surface area contributed by atoms with E-state index in [-0.39, 0.29) is 11.8 Å². The smallest absolute Gasteiger partial charge is 0.267 e. The Labute approximate surface area is 217 Å². The first kappa shape index (κ1) is 25.9. The van der Waals surface area contributed by atoms with Gasteiger partial charge >= 0.3 is 0 Å². The number of benzene rings is 3. The first-order valence-electron chi connectivity index (χ1n) is 12.3. The molecule has 0 aliphatic carbocycles. The number of fused-ring (bicyclic) bond motifs is 1. The highest BCUT2D eigenvalue weighted by molar-refractivity contribution is 6.01. The van der Waals surface area contributed by atoms with Gasteiger partial charge in [0.2, 0.25) is 5.91 Å². The molecule has 1 N–H and O–H groups in total. The number of carbonyl (C=O) groups is 2. The summed E-state index contributed by atoms with van der Waals surface area (Å²) in [5, 5.41) is 2.94. The number of ether oxygens (including phenoxy) is 4. The Bertz CT molecular complexity index is 1230. The van der Waals surface area contributed by atoms with Crippen LogP contribution in [0, 0.1) is 0 Å². The maximum Gasteiger partial charge on any atom is 0.267 e. The van der Waals surface area contributed by atoms with Crippen molar-refractivity contribution in [1.82, 2.24) is 0 Å². The second-order valence-corrected chi connectivity index (χ2v) is 8.69. The molecule has 0 radical (unpaired) electrons. The number of rotatable bonds is 11. The van der Waals surface area contributed by atoms with Crippen LogP contribution in [0.3, 0.4) is 0 Å². The van der Waals surface area contributed by atoms with Gasteiger partial charge < -0.3 is 29.2 Å². The quantitative estimate of drug-likeness (QED) is 0.376. The molecule has 3 aromatic carbocycles. The predicted molar refractivity (Wildman–Crippen MR) is 142 cm³/mol. The fourth-order valence-corrected chi connectivity index (χ4v) is 4.16. The van der Waals surface area contributed by atoms with Crippen molar-refractivity contribution in [1.29, 1.82) is 0 Å². The summed E-state index contributed by atoms with van der Waals surface area (Å²) in [5.74, 6) is 2.43. The third-order valence-corrected chi connectivity index (χ3v) is 6.08. The van der Waals surface area contributed by atoms with Gasteiger partial charge in [-0.3, -0.25) is 9.59 Å². The highest BCUT2D eigenvalue weighted by Crippen LogP contribution is 2.36. The van der Waals surface area contributed by atoms with Crippen molar-refractivity contribution in [2.24, 2.45) is 0 Å². The molecule has 2 amide bonds. The molecule has 1 heterocycles. The molecular weight excluding hydrogens is 472 g/mol. The van der Waals surface area contributed by atoms with E-state index >= 15 is 0 Å². The average molecular weight is 505 g/mol. The lowest BCUT2D eigenvalue weighted by Crippen LogP contribution is -2.45. The van der Waals surface area contributed by atoms with E-state index < -0.39 is 6.10 Å². The summed E-state index contributed by atoms with van der Waals surface area (Å²) < 4.78 is 22.2. The zero-order valence-electron chi connectivity index (χ0n) is 21.4. The fraction of sp³-hybridized carbons (Fsp3) is 0.310. The molecule has 8 heteroatoms. The van der Waals surface area contributed by atoms with Gasteiger partial charge in [-0.1, -0.05) is 24.3 Å². The minimum atomic E-state index is -0.579. The number of carbonyl (C=O) groups excluding carboxylic acids is 2. The number of amides is 2. The molecule has 0 aromatic heterocycles. The number of anilines is 2. The molecule has 37 heavy (non-hydrogen) atoms. The second-order valence-electron chi connectivity index (χ2n) is 8.69. The van der Waals surface area contributed by atoms with Crippen LogP contribution in [0.25, 0.3) is 0 Å². The Morgan fingerprint density at radius 2 is 1.78 bits per heavy atom. The van der Waals surface area contributed by atoms with Crippen LogP contribution in [0.2, 0.25) is 0 Å². The maximum absolute atomic E-state index is 12.9. The van der Waals surface area contributed by atoms with E-state index in [1.54, 1.807) is 44.2 Å². The van der Waals surface area contributed by atoms with Crippen LogP contribution in [0.1, 0.15) is 25.3 Å². The summed E-state index contributed by atoms with van der Waals surface area (Å²) in [6.45, 7) is 2.69. The summed E-state index contributed by atoms with van der Waals surface area (Å²) in [7, 11) is 3.17. The molecule has 1 aliphatic rings. The molecule has 0 fully saturated rings. The maximum atomic E-state index is 12.9. The predicted octanol–water partition coefficient (Wildman–Crippen LogP) is 4.86. The first-order valence-corrected chi connectivity index (χ1v) is 12.3. The third-order valence-electron chi connectivity index (χ3n) is 6.08. The van der Waals surface area contributed by atoms with Crippen molar-refractivity contribution in [3.63, 3.8) is 0 Å². The van der Waals surface area contributed by atoms with Gasteiger partial charge in [0, 0.05) is 18.7 Å². The van der Waals surface area contributed by atoms with Crippen LogP contribution in [0.5, 0.6) is 23.0 Å². The lowest BCUT2D eigenvalue weighted by Gasteiger charge is -2.33. The number of nitrogens with zero attached hydrogens (tertiary/aromatic N) is 1. The molecule has 8 nitrogen and oxygen atoms in total. The highest BCUT2D eigenvalue weighted by atomic mass is 16.5. The van der Waals surface area contributed by atoms with Crippen LogP contribution in [-0.4, -0.2) is 45.3 Å². The molecular formula is C29H32N2O6. The Balaban J connectivity index is 1.37. The van der Waals surface area contributed by atoms with Gasteiger partial charge in [-0.05, 0) is 67.8 Å². The van der Waals surface area contributed by atoms with E-state index in [0.717, 1.165) is 11.3 Å². The third kappa shape index (κ3) is 6.52. The van der Waals surface area contributed by atoms with Crippen molar-refractivity contribution < 1.29 is 28.5 Å². The Kier molecular flexibility index (Phi) is 8.51. The normalized spacial score (nSPS) is 14.4. The first-order chi connectivity index (χ1) is 18.0. The Morgan fingerprint density at radius 1 is 1.00 bits per heavy atom. The van der Waals surface area contributed by atoms with Gasteiger partial charge in [0.1, 0.15) is 11.5 Å². The van der Waals surface area contributed by atoms with E-state index in [0.29, 0.717) is 61.0 Å². The fourth-order valence-electron chi connectivity index (χ4n) is 4.16. The van der Waals surface area contributed by atoms with Crippen molar-refractivity contribution in [3.8, 4) is 23.0 Å². The molecule has 1 aliphatic heterocycles. The van der Waals surface area contributed by atoms with E-state index in [9.17, 15) is 9.59 Å². The molecule has 0 saturated heterocycles. The van der Waals surface area contributed by atoms with Crippen LogP contribution >= 0.6 is 0 Å². The lowest BCUT2D eigenvalue weighted by molar-refractivity contribution is -0.125. The standard InChI is InChI=1S/C29H32N2O6/c1-20-29(33)31(16-7-17-36-23-8-5-4-6-9-23)24-19-22(12-14-25(24)37-20)30-28(32)15-11-21-10-13-26(34-2)27(18-21)35-3/h4-6,8-10,12-14,18-20H,7,11,15-17H2,1-3H3,(H,30,32). The highest BCUT2D eigenvalue weighted by Gasteiger charge is 2.31. The summed E-state index contributed by atoms with van der Waals surface area (Å²) in [6.07, 6.45) is 0.905. The van der Waals surface area contributed by atoms with Crippen molar-refractivity contribution in [2.45, 2.75) is 32.3 Å². The topological polar surface area (TPSA) is 86.3 Å². The van der Waals surface area contributed by atoms with Gasteiger partial charge in [-0.15, -0.1) is 0 Å². The number of nitrogens with one attached hydrogen (secondary N) is 1. The van der Waals surface area contributed by atoms with Crippen LogP contribution in [0.4, 0.5) is 11.4 Å². The lowest BCUT2D eigenvalue weighted by atomic mass is 10.1. The van der Waals surface area contributed by atoms with E-state index in [4.69, 9.17) is 18.9 Å². The summed E-state index contributed by atoms with van der Waals surface area (Å²) in [6, 6.07) is 20.5. The molecule has 0 bridgehead atoms. The van der Waals surface area contributed by atoms with Crippen molar-refractivity contribution >= 4 is 23.2 Å². The monoisotopic (exact) mass is 504 g/mol. The van der Waals surface area contributed by atoms with Gasteiger partial charge in [-0.2, -0.15) is 0 Å². The molecule has 3 aromatic rings. The molecule has 1 unspecified atom stereocenters. The summed E-state index contributed by atoms with van der Waals surface area (Å²) in [5.41, 5.74) is 2.21. The van der Waals surface area contributed by atoms with Crippen LogP contribution in [0.15, 0.2) is 66.7 Å². The summed E-state index contributed by atoms with van der Waals surface area (Å²) >= 11 is 0. The van der Waals surface area contributed by atoms with Gasteiger partial charge in [-0.25, -0.2) is 0 Å². The van der Waals surface area contributed by atoms with Crippen LogP contribution < -0.4 is 29.2 Å². The van der Waals surface area contributed by atoms with Crippen molar-refractivity contribution in [3.05, 3.63) is 72.3 Å². The van der Waals surface area contributed by atoms with Gasteiger partial charge in [0.15, 0.2) is 17.6 Å². The van der Waals surface area contributed by atoms with Crippen molar-refractivity contribution in [2.75, 3.05) is 37.6 Å². The SMILES string of the molecule is COc1ccc(CCC(=O)Nc2ccc3c(c2)N(CCCOc2ccccc2)C(=O)C(C)O3)cc1OC. The Hall–Kier alpha value is -4.20. The number of hydrogen-bond acceptors (Lipinski definition) is 6. The van der Waals surface area contributed by atoms with E-state index in [1.807, 2.05) is 48.5 Å². The number of para-hydroxylation sites is 1. The Morgan fingerprint density at radius 3 is 2.54 bits per heavy atom. The van der Waals surface area contributed by atoms with E-state index in [2.05, 4.69) is 5.32 Å². The molecule has 0 saturated carbocycles. The minimum absolute atomic E-state index is 0.121. The zero-order valence-corrected chi connectivity index (χ0v) is 21.4. The van der Waals surface area contributed by atoms with Gasteiger partial charge in [0.05, 0.1) is 26.5 Å². The summed E-state index contributed by atoms with van der Waals surface area (Å²) in [4.78, 5) is 27.3. The molecule has 1 atom stereocenters.